The van der Waals surface area contributed by atoms with Gasteiger partial charge >= 0.3 is 0 Å². The molecule has 0 unspecified atom stereocenters. The van der Waals surface area contributed by atoms with E-state index in [-0.39, 0.29) is 5.60 Å². The zero-order valence-electron chi connectivity index (χ0n) is 8.31. The van der Waals surface area contributed by atoms with Crippen molar-refractivity contribution in [3.05, 3.63) is 9.15 Å². The van der Waals surface area contributed by atoms with E-state index < -0.39 is 0 Å². The van der Waals surface area contributed by atoms with Crippen LogP contribution in [0.5, 0.6) is 0 Å². The van der Waals surface area contributed by atoms with Gasteiger partial charge in [0.1, 0.15) is 0 Å². The van der Waals surface area contributed by atoms with Crippen LogP contribution < -0.4 is 0 Å². The molecule has 0 aromatic heterocycles. The molecule has 0 atom stereocenters. The van der Waals surface area contributed by atoms with E-state index in [1.807, 2.05) is 0 Å². The van der Waals surface area contributed by atoms with Crippen LogP contribution in [0.25, 0.3) is 0 Å². The highest BCUT2D eigenvalue weighted by molar-refractivity contribution is 14.1. The zero-order chi connectivity index (χ0) is 10.0. The van der Waals surface area contributed by atoms with Crippen LogP contribution in [0.4, 0.5) is 0 Å². The monoisotopic (exact) mass is 302 g/mol. The molecule has 1 aliphatic carbocycles. The minimum Gasteiger partial charge on any atom is -0.370 e. The van der Waals surface area contributed by atoms with E-state index in [2.05, 4.69) is 28.5 Å². The van der Waals surface area contributed by atoms with Crippen LogP contribution in [-0.4, -0.2) is 12.2 Å². The van der Waals surface area contributed by atoms with Gasteiger partial charge in [-0.2, -0.15) is 0 Å². The fourth-order valence-electron chi connectivity index (χ4n) is 2.63. The molecule has 2 heteroatoms. The molecule has 1 saturated heterocycles. The second kappa shape index (κ2) is 4.24. The third-order valence-electron chi connectivity index (χ3n) is 3.33. The van der Waals surface area contributed by atoms with Crippen molar-refractivity contribution in [1.82, 2.24) is 0 Å². The van der Waals surface area contributed by atoms with Crippen LogP contribution in [0.2, 0.25) is 0 Å². The normalized spacial score (nSPS) is 28.9. The second-order valence-corrected chi connectivity index (χ2v) is 5.17. The van der Waals surface area contributed by atoms with Crippen LogP contribution in [0.15, 0.2) is 9.15 Å². The second-order valence-electron chi connectivity index (χ2n) is 4.09. The SMILES string of the molecule is C#C/C(I)=C1\CCOC12CCCCC2. The Morgan fingerprint density at radius 1 is 1.36 bits per heavy atom. The summed E-state index contributed by atoms with van der Waals surface area (Å²) in [7, 11) is 0. The summed E-state index contributed by atoms with van der Waals surface area (Å²) < 4.78 is 7.04. The maximum atomic E-state index is 5.96. The Hall–Kier alpha value is -0.0100. The molecule has 1 saturated carbocycles. The molecule has 0 bridgehead atoms. The number of ether oxygens (including phenoxy) is 1. The van der Waals surface area contributed by atoms with Gasteiger partial charge in [-0.3, -0.25) is 0 Å². The lowest BCUT2D eigenvalue weighted by Gasteiger charge is -2.34. The van der Waals surface area contributed by atoms with Gasteiger partial charge in [0.2, 0.25) is 0 Å². The van der Waals surface area contributed by atoms with E-state index in [4.69, 9.17) is 11.2 Å². The molecule has 0 aromatic rings. The number of allylic oxidation sites excluding steroid dienone is 1. The van der Waals surface area contributed by atoms with Gasteiger partial charge in [-0.1, -0.05) is 25.2 Å². The van der Waals surface area contributed by atoms with Gasteiger partial charge < -0.3 is 4.74 Å². The Bertz CT molecular complexity index is 292. The first-order chi connectivity index (χ1) is 6.78. The lowest BCUT2D eigenvalue weighted by atomic mass is 9.79. The highest BCUT2D eigenvalue weighted by Gasteiger charge is 2.41. The average Bonchev–Trinajstić information content (AvgIpc) is 2.62. The van der Waals surface area contributed by atoms with Crippen molar-refractivity contribution in [3.63, 3.8) is 0 Å². The van der Waals surface area contributed by atoms with Gasteiger partial charge in [0.15, 0.2) is 0 Å². The molecule has 0 aromatic carbocycles. The molecular formula is C12H15IO. The van der Waals surface area contributed by atoms with E-state index in [0.717, 1.165) is 16.6 Å². The Labute approximate surface area is 99.4 Å². The topological polar surface area (TPSA) is 9.23 Å². The number of hydrogen-bond acceptors (Lipinski definition) is 1. The van der Waals surface area contributed by atoms with Gasteiger partial charge in [0.05, 0.1) is 15.8 Å². The lowest BCUT2D eigenvalue weighted by Crippen LogP contribution is -2.32. The summed E-state index contributed by atoms with van der Waals surface area (Å²) in [6, 6.07) is 0. The maximum absolute atomic E-state index is 5.96. The van der Waals surface area contributed by atoms with Crippen molar-refractivity contribution in [3.8, 4) is 12.3 Å². The fourth-order valence-corrected chi connectivity index (χ4v) is 3.39. The summed E-state index contributed by atoms with van der Waals surface area (Å²) in [5, 5.41) is 0. The van der Waals surface area contributed by atoms with Gasteiger partial charge in [0.25, 0.3) is 0 Å². The predicted octanol–water partition coefficient (Wildman–Crippen LogP) is 3.43. The van der Waals surface area contributed by atoms with E-state index in [0.29, 0.717) is 0 Å². The summed E-state index contributed by atoms with van der Waals surface area (Å²) in [5.74, 6) is 2.76. The number of rotatable bonds is 0. The first-order valence-electron chi connectivity index (χ1n) is 5.28. The molecule has 2 fully saturated rings. The molecule has 1 aliphatic heterocycles. The van der Waals surface area contributed by atoms with Crippen molar-refractivity contribution in [1.29, 1.82) is 0 Å². The Morgan fingerprint density at radius 3 is 2.71 bits per heavy atom. The van der Waals surface area contributed by atoms with E-state index >= 15 is 0 Å². The highest BCUT2D eigenvalue weighted by Crippen LogP contribution is 2.45. The Balaban J connectivity index is 2.29. The summed E-state index contributed by atoms with van der Waals surface area (Å²) in [4.78, 5) is 0. The molecular weight excluding hydrogens is 287 g/mol. The van der Waals surface area contributed by atoms with Crippen LogP contribution in [-0.2, 0) is 4.74 Å². The van der Waals surface area contributed by atoms with E-state index in [9.17, 15) is 0 Å². The molecule has 2 rings (SSSR count). The highest BCUT2D eigenvalue weighted by atomic mass is 127. The van der Waals surface area contributed by atoms with E-state index in [1.165, 1.54) is 37.7 Å². The van der Waals surface area contributed by atoms with Crippen LogP contribution >= 0.6 is 22.6 Å². The number of hydrogen-bond donors (Lipinski definition) is 0. The quantitative estimate of drug-likeness (QED) is 0.492. The van der Waals surface area contributed by atoms with Crippen molar-refractivity contribution < 1.29 is 4.74 Å². The lowest BCUT2D eigenvalue weighted by molar-refractivity contribution is -0.00397. The van der Waals surface area contributed by atoms with E-state index in [1.54, 1.807) is 0 Å². The molecule has 14 heavy (non-hydrogen) atoms. The maximum Gasteiger partial charge on any atom is 0.0911 e. The minimum absolute atomic E-state index is 0.0428. The number of terminal acetylenes is 1. The molecule has 0 radical (unpaired) electrons. The molecule has 76 valence electrons. The van der Waals surface area contributed by atoms with Crippen LogP contribution in [0, 0.1) is 12.3 Å². The fraction of sp³-hybridized carbons (Fsp3) is 0.667. The first-order valence-corrected chi connectivity index (χ1v) is 6.36. The van der Waals surface area contributed by atoms with Crippen molar-refractivity contribution in [2.75, 3.05) is 6.61 Å². The van der Waals surface area contributed by atoms with Crippen LogP contribution in [0.3, 0.4) is 0 Å². The molecule has 0 N–H and O–H groups in total. The van der Waals surface area contributed by atoms with Gasteiger partial charge in [-0.05, 0) is 47.4 Å². The van der Waals surface area contributed by atoms with Crippen molar-refractivity contribution >= 4 is 22.6 Å². The minimum atomic E-state index is 0.0428. The molecule has 1 nitrogen and oxygen atoms in total. The predicted molar refractivity (Wildman–Crippen MR) is 66.3 cm³/mol. The molecule has 1 heterocycles. The van der Waals surface area contributed by atoms with Crippen molar-refractivity contribution in [2.24, 2.45) is 0 Å². The largest absolute Gasteiger partial charge is 0.370 e. The molecule has 1 spiro atoms. The van der Waals surface area contributed by atoms with Gasteiger partial charge in [-0.25, -0.2) is 0 Å². The zero-order valence-corrected chi connectivity index (χ0v) is 10.5. The summed E-state index contributed by atoms with van der Waals surface area (Å²) in [5.41, 5.74) is 1.45. The standard InChI is InChI=1S/C12H15IO/c1-2-11(13)10-6-9-14-12(10)7-4-3-5-8-12/h1H,3-9H2/b11-10-. The third-order valence-corrected chi connectivity index (χ3v) is 4.30. The third kappa shape index (κ3) is 1.72. The van der Waals surface area contributed by atoms with Gasteiger partial charge in [-0.15, -0.1) is 6.42 Å². The summed E-state index contributed by atoms with van der Waals surface area (Å²) in [6.45, 7) is 0.865. The summed E-state index contributed by atoms with van der Waals surface area (Å²) >= 11 is 2.28. The first kappa shape index (κ1) is 10.5. The smallest absolute Gasteiger partial charge is 0.0911 e. The summed E-state index contributed by atoms with van der Waals surface area (Å²) in [6.07, 6.45) is 12.8. The Morgan fingerprint density at radius 2 is 2.07 bits per heavy atom. The van der Waals surface area contributed by atoms with Gasteiger partial charge in [0, 0.05) is 0 Å². The average molecular weight is 302 g/mol. The Kier molecular flexibility index (Phi) is 3.18. The van der Waals surface area contributed by atoms with Crippen molar-refractivity contribution in [2.45, 2.75) is 44.1 Å². The molecule has 0 amide bonds. The number of halogens is 1. The molecule has 2 aliphatic rings. The van der Waals surface area contributed by atoms with Crippen LogP contribution in [0.1, 0.15) is 38.5 Å².